The highest BCUT2D eigenvalue weighted by Gasteiger charge is 2.08. The summed E-state index contributed by atoms with van der Waals surface area (Å²) in [7, 11) is 1.59. The van der Waals surface area contributed by atoms with E-state index in [0.717, 1.165) is 10.9 Å². The van der Waals surface area contributed by atoms with E-state index in [1.807, 2.05) is 18.2 Å². The molecule has 3 rings (SSSR count). The van der Waals surface area contributed by atoms with Crippen molar-refractivity contribution < 1.29 is 19.4 Å². The number of aromatic nitrogens is 3. The van der Waals surface area contributed by atoms with Crippen LogP contribution in [0.3, 0.4) is 0 Å². The highest BCUT2D eigenvalue weighted by Crippen LogP contribution is 2.30. The van der Waals surface area contributed by atoms with E-state index in [1.165, 1.54) is 12.4 Å². The first-order chi connectivity index (χ1) is 11.2. The molecule has 3 aromatic rings. The van der Waals surface area contributed by atoms with Crippen molar-refractivity contribution >= 4 is 16.9 Å². The normalized spacial score (nSPS) is 10.5. The smallest absolute Gasteiger partial charge is 0.311 e. The van der Waals surface area contributed by atoms with Gasteiger partial charge in [0.15, 0.2) is 5.75 Å². The molecule has 0 saturated heterocycles. The fraction of sp³-hybridized carbons (Fsp3) is 0.125. The zero-order chi connectivity index (χ0) is 16.2. The molecule has 0 aliphatic rings. The van der Waals surface area contributed by atoms with E-state index in [0.29, 0.717) is 17.2 Å². The summed E-state index contributed by atoms with van der Waals surface area (Å²) in [6.07, 6.45) is 4.30. The molecule has 0 aliphatic heterocycles. The molecule has 2 aromatic heterocycles. The molecule has 0 atom stereocenters. The van der Waals surface area contributed by atoms with Gasteiger partial charge in [-0.3, -0.25) is 9.78 Å². The van der Waals surface area contributed by atoms with Crippen LogP contribution in [0.4, 0.5) is 0 Å². The first-order valence-electron chi connectivity index (χ1n) is 6.79. The zero-order valence-electron chi connectivity index (χ0n) is 12.3. The van der Waals surface area contributed by atoms with E-state index in [9.17, 15) is 4.79 Å². The number of pyridine rings is 1. The minimum Gasteiger partial charge on any atom is -0.497 e. The van der Waals surface area contributed by atoms with E-state index in [1.54, 1.807) is 19.4 Å². The number of fused-ring (bicyclic) bond motifs is 1. The third-order valence-corrected chi connectivity index (χ3v) is 3.13. The molecule has 0 amide bonds. The lowest BCUT2D eigenvalue weighted by molar-refractivity contribution is -0.136. The van der Waals surface area contributed by atoms with Crippen molar-refractivity contribution in [2.75, 3.05) is 7.11 Å². The van der Waals surface area contributed by atoms with Gasteiger partial charge < -0.3 is 14.6 Å². The van der Waals surface area contributed by atoms with Gasteiger partial charge >= 0.3 is 5.97 Å². The molecule has 0 spiro atoms. The van der Waals surface area contributed by atoms with Crippen molar-refractivity contribution in [3.63, 3.8) is 0 Å². The van der Waals surface area contributed by atoms with Gasteiger partial charge in [-0.25, -0.2) is 9.97 Å². The number of hydrogen-bond donors (Lipinski definition) is 1. The molecule has 7 heteroatoms. The maximum Gasteiger partial charge on any atom is 0.311 e. The molecular formula is C16H13N3O4. The van der Waals surface area contributed by atoms with Crippen LogP contribution >= 0.6 is 0 Å². The lowest BCUT2D eigenvalue weighted by Crippen LogP contribution is -2.04. The molecule has 1 N–H and O–H groups in total. The van der Waals surface area contributed by atoms with Crippen LogP contribution in [-0.2, 0) is 11.2 Å². The second-order valence-electron chi connectivity index (χ2n) is 4.70. The van der Waals surface area contributed by atoms with Crippen LogP contribution in [0, 0.1) is 0 Å². The molecule has 116 valence electrons. The van der Waals surface area contributed by atoms with Crippen LogP contribution in [0.15, 0.2) is 42.9 Å². The number of benzene rings is 1. The van der Waals surface area contributed by atoms with Gasteiger partial charge in [-0.1, -0.05) is 0 Å². The van der Waals surface area contributed by atoms with Crippen LogP contribution in [0.25, 0.3) is 10.9 Å². The average Bonchev–Trinajstić information content (AvgIpc) is 2.56. The Morgan fingerprint density at radius 1 is 1.13 bits per heavy atom. The number of aliphatic carboxylic acids is 1. The van der Waals surface area contributed by atoms with Crippen LogP contribution in [0.1, 0.15) is 5.82 Å². The van der Waals surface area contributed by atoms with Gasteiger partial charge in [0.25, 0.3) is 0 Å². The Morgan fingerprint density at radius 2 is 1.91 bits per heavy atom. The molecule has 7 nitrogen and oxygen atoms in total. The largest absolute Gasteiger partial charge is 0.497 e. The minimum absolute atomic E-state index is 0.224. The number of carboxylic acid groups (broad SMARTS) is 1. The van der Waals surface area contributed by atoms with Gasteiger partial charge in [-0.15, -0.1) is 0 Å². The number of nitrogens with zero attached hydrogens (tertiary/aromatic N) is 3. The molecule has 23 heavy (non-hydrogen) atoms. The maximum absolute atomic E-state index is 10.6. The van der Waals surface area contributed by atoms with Crippen molar-refractivity contribution in [1.29, 1.82) is 0 Å². The summed E-state index contributed by atoms with van der Waals surface area (Å²) in [5, 5.41) is 9.53. The molecule has 0 bridgehead atoms. The molecule has 1 aromatic carbocycles. The van der Waals surface area contributed by atoms with E-state index in [2.05, 4.69) is 15.0 Å². The number of hydrogen-bond acceptors (Lipinski definition) is 6. The van der Waals surface area contributed by atoms with Crippen molar-refractivity contribution in [1.82, 2.24) is 15.0 Å². The molecule has 0 radical (unpaired) electrons. The standard InChI is InChI=1S/C16H13N3O4/c1-22-10-2-3-12-13(6-10)17-5-4-14(12)23-11-8-18-15(19-9-11)7-16(20)21/h2-6,8-9H,7H2,1H3,(H,20,21). The van der Waals surface area contributed by atoms with Gasteiger partial charge in [0.2, 0.25) is 0 Å². The van der Waals surface area contributed by atoms with Gasteiger partial charge in [0, 0.05) is 17.6 Å². The summed E-state index contributed by atoms with van der Waals surface area (Å²) in [4.78, 5) is 22.8. The number of rotatable bonds is 5. The lowest BCUT2D eigenvalue weighted by atomic mass is 10.2. The van der Waals surface area contributed by atoms with Crippen LogP contribution in [0.5, 0.6) is 17.2 Å². The Kier molecular flexibility index (Phi) is 4.01. The Balaban J connectivity index is 1.87. The van der Waals surface area contributed by atoms with Crippen molar-refractivity contribution in [3.8, 4) is 17.2 Å². The Morgan fingerprint density at radius 3 is 2.61 bits per heavy atom. The second kappa shape index (κ2) is 6.27. The predicted octanol–water partition coefficient (Wildman–Crippen LogP) is 2.45. The number of methoxy groups -OCH3 is 1. The molecule has 2 heterocycles. The highest BCUT2D eigenvalue weighted by atomic mass is 16.5. The third-order valence-electron chi connectivity index (χ3n) is 3.13. The Hall–Kier alpha value is -3.22. The monoisotopic (exact) mass is 311 g/mol. The fourth-order valence-electron chi connectivity index (χ4n) is 2.07. The van der Waals surface area contributed by atoms with Gasteiger partial charge in [-0.2, -0.15) is 0 Å². The molecule has 0 saturated carbocycles. The highest BCUT2D eigenvalue weighted by molar-refractivity contribution is 5.86. The molecule has 0 unspecified atom stereocenters. The van der Waals surface area contributed by atoms with Crippen LogP contribution < -0.4 is 9.47 Å². The summed E-state index contributed by atoms with van der Waals surface area (Å²) in [5.74, 6) is 0.986. The van der Waals surface area contributed by atoms with Crippen molar-refractivity contribution in [3.05, 3.63) is 48.7 Å². The van der Waals surface area contributed by atoms with E-state index in [-0.39, 0.29) is 12.2 Å². The summed E-state index contributed by atoms with van der Waals surface area (Å²) in [6, 6.07) is 7.23. The number of ether oxygens (including phenoxy) is 2. The maximum atomic E-state index is 10.6. The summed E-state index contributed by atoms with van der Waals surface area (Å²) >= 11 is 0. The van der Waals surface area contributed by atoms with Crippen molar-refractivity contribution in [2.45, 2.75) is 6.42 Å². The predicted molar refractivity (Wildman–Crippen MR) is 81.7 cm³/mol. The summed E-state index contributed by atoms with van der Waals surface area (Å²) in [5.41, 5.74) is 0.741. The van der Waals surface area contributed by atoms with Gasteiger partial charge in [0.1, 0.15) is 23.7 Å². The Labute approximate surface area is 131 Å². The van der Waals surface area contributed by atoms with E-state index in [4.69, 9.17) is 14.6 Å². The van der Waals surface area contributed by atoms with Crippen LogP contribution in [-0.4, -0.2) is 33.1 Å². The summed E-state index contributed by atoms with van der Waals surface area (Å²) in [6.45, 7) is 0. The van der Waals surface area contributed by atoms with Crippen LogP contribution in [0.2, 0.25) is 0 Å². The lowest BCUT2D eigenvalue weighted by Gasteiger charge is -2.09. The topological polar surface area (TPSA) is 94.4 Å². The second-order valence-corrected chi connectivity index (χ2v) is 4.70. The molecular weight excluding hydrogens is 298 g/mol. The SMILES string of the molecule is COc1ccc2c(Oc3cnc(CC(=O)O)nc3)ccnc2c1. The average molecular weight is 311 g/mol. The van der Waals surface area contributed by atoms with Gasteiger partial charge in [-0.05, 0) is 18.2 Å². The minimum atomic E-state index is -0.979. The van der Waals surface area contributed by atoms with Gasteiger partial charge in [0.05, 0.1) is 25.0 Å². The van der Waals surface area contributed by atoms with Crippen molar-refractivity contribution in [2.24, 2.45) is 0 Å². The third kappa shape index (κ3) is 3.34. The first kappa shape index (κ1) is 14.7. The molecule has 0 fully saturated rings. The molecule has 0 aliphatic carbocycles. The number of carbonyl (C=O) groups is 1. The summed E-state index contributed by atoms with van der Waals surface area (Å²) < 4.78 is 10.9. The zero-order valence-corrected chi connectivity index (χ0v) is 12.3. The van der Waals surface area contributed by atoms with E-state index < -0.39 is 5.97 Å². The fourth-order valence-corrected chi connectivity index (χ4v) is 2.07. The first-order valence-corrected chi connectivity index (χ1v) is 6.79. The van der Waals surface area contributed by atoms with E-state index >= 15 is 0 Å². The quantitative estimate of drug-likeness (QED) is 0.773. The number of carboxylic acids is 1. The Bertz CT molecular complexity index is 850.